The number of carbonyl (C=O) groups is 3. The van der Waals surface area contributed by atoms with Crippen molar-refractivity contribution in [2.45, 2.75) is 296 Å². The highest BCUT2D eigenvalue weighted by molar-refractivity contribution is 5.70. The zero-order valence-corrected chi connectivity index (χ0v) is 57.8. The number of hydrogen-bond donors (Lipinski definition) is 0. The highest BCUT2D eigenvalue weighted by Crippen LogP contribution is 2.17. The van der Waals surface area contributed by atoms with Crippen molar-refractivity contribution in [3.63, 3.8) is 0 Å². The number of carbonyl (C=O) groups excluding carboxylic acids is 3. The molecule has 2 unspecified atom stereocenters. The van der Waals surface area contributed by atoms with Crippen LogP contribution < -0.4 is 5.11 Å². The normalized spacial score (nSPS) is 13.6. The average molecular weight is 1240 g/mol. The van der Waals surface area contributed by atoms with Gasteiger partial charge in [-0.3, -0.25) is 9.59 Å². The Bertz CT molecular complexity index is 1970. The zero-order valence-electron chi connectivity index (χ0n) is 57.8. The van der Waals surface area contributed by atoms with Gasteiger partial charge in [-0.25, -0.2) is 0 Å². The van der Waals surface area contributed by atoms with Crippen LogP contribution in [0.4, 0.5) is 0 Å². The van der Waals surface area contributed by atoms with E-state index in [1.165, 1.54) is 135 Å². The van der Waals surface area contributed by atoms with Crippen molar-refractivity contribution in [2.75, 3.05) is 47.5 Å². The lowest BCUT2D eigenvalue weighted by Crippen LogP contribution is -2.44. The van der Waals surface area contributed by atoms with Crippen LogP contribution in [0.15, 0.2) is 146 Å². The number of likely N-dealkylation sites (N-methyl/N-ethyl adjacent to an activating group) is 1. The number of nitrogens with zero attached hydrogens (tertiary/aromatic N) is 1. The van der Waals surface area contributed by atoms with Crippen LogP contribution in [0.1, 0.15) is 284 Å². The summed E-state index contributed by atoms with van der Waals surface area (Å²) >= 11 is 0. The van der Waals surface area contributed by atoms with Crippen molar-refractivity contribution in [1.29, 1.82) is 0 Å². The molecule has 0 radical (unpaired) electrons. The molecule has 0 rings (SSSR count). The molecular weight excluding hydrogens is 1100 g/mol. The van der Waals surface area contributed by atoms with Gasteiger partial charge in [0, 0.05) is 12.8 Å². The Morgan fingerprint density at radius 3 is 0.899 bits per heavy atom. The van der Waals surface area contributed by atoms with Gasteiger partial charge < -0.3 is 33.3 Å². The molecular formula is C80H133NO8. The van der Waals surface area contributed by atoms with Gasteiger partial charge in [-0.05, 0) is 116 Å². The summed E-state index contributed by atoms with van der Waals surface area (Å²) in [5, 5.41) is 11.8. The van der Waals surface area contributed by atoms with Crippen molar-refractivity contribution in [3.8, 4) is 0 Å². The Morgan fingerprint density at radius 1 is 0.337 bits per heavy atom. The molecule has 0 bridgehead atoms. The summed E-state index contributed by atoms with van der Waals surface area (Å²) in [6, 6.07) is 0. The van der Waals surface area contributed by atoms with E-state index >= 15 is 0 Å². The van der Waals surface area contributed by atoms with Crippen LogP contribution in [-0.2, 0) is 33.3 Å². The molecule has 0 N–H and O–H groups in total. The summed E-state index contributed by atoms with van der Waals surface area (Å²) < 4.78 is 22.8. The number of quaternary nitrogens is 1. The van der Waals surface area contributed by atoms with E-state index in [9.17, 15) is 19.5 Å². The average Bonchev–Trinajstić information content (AvgIpc) is 3.70. The minimum atomic E-state index is -1.63. The lowest BCUT2D eigenvalue weighted by Gasteiger charge is -2.26. The fourth-order valence-electron chi connectivity index (χ4n) is 9.66. The summed E-state index contributed by atoms with van der Waals surface area (Å²) in [5.74, 6) is -2.29. The monoisotopic (exact) mass is 1240 g/mol. The van der Waals surface area contributed by atoms with Gasteiger partial charge in [0.1, 0.15) is 13.2 Å². The third-order valence-corrected chi connectivity index (χ3v) is 15.1. The molecule has 0 aliphatic heterocycles. The second-order valence-electron chi connectivity index (χ2n) is 24.8. The first-order valence-electron chi connectivity index (χ1n) is 36.0. The van der Waals surface area contributed by atoms with E-state index in [4.69, 9.17) is 18.9 Å². The molecule has 0 aliphatic rings. The number of ether oxygens (including phenoxy) is 4. The van der Waals surface area contributed by atoms with E-state index < -0.39 is 24.3 Å². The van der Waals surface area contributed by atoms with E-state index in [1.54, 1.807) is 0 Å². The molecule has 0 aromatic rings. The third-order valence-electron chi connectivity index (χ3n) is 15.1. The van der Waals surface area contributed by atoms with E-state index in [0.717, 1.165) is 116 Å². The second kappa shape index (κ2) is 69.1. The molecule has 0 heterocycles. The van der Waals surface area contributed by atoms with Crippen LogP contribution in [0.3, 0.4) is 0 Å². The Morgan fingerprint density at radius 2 is 0.607 bits per heavy atom. The van der Waals surface area contributed by atoms with E-state index in [-0.39, 0.29) is 38.6 Å². The van der Waals surface area contributed by atoms with E-state index in [1.807, 2.05) is 21.1 Å². The Balaban J connectivity index is 4.13. The SMILES string of the molecule is CC/C=C\C/C=C\C/C=C\C/C=C\C/C=C\C/C=C\C/C=C\C/C=C\CCCCCCCCCCCCCCC(=O)OC(COC(=O)CCCCCCCCCCCCCCCC/C=C\C/C=C\C/C=C\C/C=C\CC)COC(OCC[N+](C)(C)C)C(=O)[O-]. The molecule has 0 saturated heterocycles. The van der Waals surface area contributed by atoms with Crippen LogP contribution in [0, 0.1) is 0 Å². The fourth-order valence-corrected chi connectivity index (χ4v) is 9.66. The third kappa shape index (κ3) is 70.5. The van der Waals surface area contributed by atoms with Crippen LogP contribution in [-0.4, -0.2) is 82.3 Å². The van der Waals surface area contributed by atoms with E-state index in [2.05, 4.69) is 160 Å². The minimum Gasteiger partial charge on any atom is -0.545 e. The predicted octanol–water partition coefficient (Wildman–Crippen LogP) is 21.4. The standard InChI is InChI=1S/C80H133NO8/c1-6-8-10-12-14-16-18-20-22-24-26-28-30-32-34-35-36-37-38-39-40-41-42-43-45-47-49-51-53-55-57-59-61-63-65-67-69-71-78(83)89-76(75-88-80(79(84)85)86-73-72-81(3,4)5)74-87-77(82)70-68-66-64-62-60-58-56-54-52-50-48-46-44-33-31-29-27-25-23-21-19-17-15-13-11-9-7-2/h8-11,14-17,20-23,26-29,32,34,36-37,39-40,42-43,76,80H,6-7,12-13,18-19,24-25,30-31,33,35,38,41,44-75H2,1-5H3/b10-8-,11-9-,16-14-,17-15-,22-20-,23-21-,28-26-,29-27-,34-32-,37-36-,40-39-,43-42-. The van der Waals surface area contributed by atoms with Gasteiger partial charge in [0.05, 0.1) is 40.3 Å². The number of rotatable bonds is 65. The first-order chi connectivity index (χ1) is 43.6. The van der Waals surface area contributed by atoms with Crippen LogP contribution in [0.5, 0.6) is 0 Å². The molecule has 9 heteroatoms. The number of hydrogen-bond acceptors (Lipinski definition) is 8. The van der Waals surface area contributed by atoms with Crippen molar-refractivity contribution < 1.29 is 42.9 Å². The lowest BCUT2D eigenvalue weighted by atomic mass is 10.0. The van der Waals surface area contributed by atoms with Crippen LogP contribution in [0.25, 0.3) is 0 Å². The van der Waals surface area contributed by atoms with Gasteiger partial charge in [0.25, 0.3) is 0 Å². The van der Waals surface area contributed by atoms with Crippen molar-refractivity contribution >= 4 is 17.9 Å². The Kier molecular flexibility index (Phi) is 65.3. The van der Waals surface area contributed by atoms with Gasteiger partial charge in [-0.2, -0.15) is 0 Å². The fraction of sp³-hybridized carbons (Fsp3) is 0.662. The maximum absolute atomic E-state index is 12.9. The molecule has 506 valence electrons. The first-order valence-corrected chi connectivity index (χ1v) is 36.0. The molecule has 0 aromatic heterocycles. The molecule has 0 aliphatic carbocycles. The van der Waals surface area contributed by atoms with Crippen LogP contribution in [0.2, 0.25) is 0 Å². The minimum absolute atomic E-state index is 0.142. The maximum Gasteiger partial charge on any atom is 0.306 e. The van der Waals surface area contributed by atoms with Gasteiger partial charge >= 0.3 is 11.9 Å². The predicted molar refractivity (Wildman–Crippen MR) is 379 cm³/mol. The summed E-state index contributed by atoms with van der Waals surface area (Å²) in [6.07, 6.45) is 97.8. The molecule has 0 amide bonds. The second-order valence-corrected chi connectivity index (χ2v) is 24.8. The van der Waals surface area contributed by atoms with E-state index in [0.29, 0.717) is 17.4 Å². The maximum atomic E-state index is 12.9. The van der Waals surface area contributed by atoms with Gasteiger partial charge in [0.2, 0.25) is 0 Å². The summed E-state index contributed by atoms with van der Waals surface area (Å²) in [7, 11) is 5.93. The molecule has 0 saturated carbocycles. The molecule has 2 atom stereocenters. The summed E-state index contributed by atoms with van der Waals surface area (Å²) in [6.45, 7) is 4.53. The van der Waals surface area contributed by atoms with Gasteiger partial charge in [-0.1, -0.05) is 301 Å². The highest BCUT2D eigenvalue weighted by atomic mass is 16.7. The van der Waals surface area contributed by atoms with Crippen molar-refractivity contribution in [3.05, 3.63) is 146 Å². The number of carboxylic acids is 1. The van der Waals surface area contributed by atoms with Crippen molar-refractivity contribution in [1.82, 2.24) is 0 Å². The van der Waals surface area contributed by atoms with Crippen molar-refractivity contribution in [2.24, 2.45) is 0 Å². The summed E-state index contributed by atoms with van der Waals surface area (Å²) in [5.41, 5.74) is 0. The molecule has 9 nitrogen and oxygen atoms in total. The number of aliphatic carboxylic acids is 1. The highest BCUT2D eigenvalue weighted by Gasteiger charge is 2.22. The topological polar surface area (TPSA) is 111 Å². The van der Waals surface area contributed by atoms with Gasteiger partial charge in [0.15, 0.2) is 12.4 Å². The Labute approximate surface area is 547 Å². The zero-order chi connectivity index (χ0) is 64.7. The molecule has 0 spiro atoms. The quantitative estimate of drug-likeness (QED) is 0.0195. The lowest BCUT2D eigenvalue weighted by molar-refractivity contribution is -0.870. The number of allylic oxidation sites excluding steroid dienone is 24. The molecule has 0 fully saturated rings. The molecule has 0 aromatic carbocycles. The van der Waals surface area contributed by atoms with Crippen LogP contribution >= 0.6 is 0 Å². The molecule has 89 heavy (non-hydrogen) atoms. The Hall–Kier alpha value is -4.83. The number of carboxylic acid groups (broad SMARTS) is 1. The largest absolute Gasteiger partial charge is 0.545 e. The number of unbranched alkanes of at least 4 members (excludes halogenated alkanes) is 26. The summed E-state index contributed by atoms with van der Waals surface area (Å²) in [4.78, 5) is 37.5. The smallest absolute Gasteiger partial charge is 0.306 e. The first kappa shape index (κ1) is 84.2. The number of esters is 2. The van der Waals surface area contributed by atoms with Gasteiger partial charge in [-0.15, -0.1) is 0 Å².